The van der Waals surface area contributed by atoms with Crippen molar-refractivity contribution < 1.29 is 13.6 Å². The molecule has 3 nitrogen and oxygen atoms in total. The van der Waals surface area contributed by atoms with Gasteiger partial charge in [-0.3, -0.25) is 4.79 Å². The molecule has 0 aromatic rings. The van der Waals surface area contributed by atoms with E-state index in [0.29, 0.717) is 12.8 Å². The van der Waals surface area contributed by atoms with Gasteiger partial charge in [-0.1, -0.05) is 0 Å². The number of nitrogens with one attached hydrogen (secondary N) is 2. The van der Waals surface area contributed by atoms with Crippen LogP contribution in [0.5, 0.6) is 0 Å². The van der Waals surface area contributed by atoms with E-state index in [9.17, 15) is 13.6 Å². The fourth-order valence-corrected chi connectivity index (χ4v) is 2.13. The zero-order valence-corrected chi connectivity index (χ0v) is 9.15. The van der Waals surface area contributed by atoms with Gasteiger partial charge in [-0.05, 0) is 25.8 Å². The molecule has 1 atom stereocenters. The van der Waals surface area contributed by atoms with Crippen molar-refractivity contribution in [3.63, 3.8) is 0 Å². The topological polar surface area (TPSA) is 41.1 Å². The number of hydrogen-bond donors (Lipinski definition) is 2. The zero-order chi connectivity index (χ0) is 11.5. The van der Waals surface area contributed by atoms with E-state index in [2.05, 4.69) is 10.6 Å². The summed E-state index contributed by atoms with van der Waals surface area (Å²) < 4.78 is 25.8. The minimum absolute atomic E-state index is 0.0228. The van der Waals surface area contributed by atoms with Crippen molar-refractivity contribution in [3.8, 4) is 0 Å². The number of carbonyl (C=O) groups excluding carboxylic acids is 1. The van der Waals surface area contributed by atoms with E-state index in [4.69, 9.17) is 0 Å². The molecule has 15 heavy (non-hydrogen) atoms. The average Bonchev–Trinajstić information content (AvgIpc) is 2.21. The van der Waals surface area contributed by atoms with Crippen LogP contribution in [-0.4, -0.2) is 32.0 Å². The van der Waals surface area contributed by atoms with Crippen LogP contribution in [0.25, 0.3) is 0 Å². The van der Waals surface area contributed by atoms with Crippen LogP contribution in [0.4, 0.5) is 8.78 Å². The molecule has 0 bridgehead atoms. The SMILES string of the molecule is CNC(=O)C(NC)C1CCC(F)(F)CC1. The second-order valence-corrected chi connectivity index (χ2v) is 4.07. The van der Waals surface area contributed by atoms with Crippen LogP contribution < -0.4 is 10.6 Å². The van der Waals surface area contributed by atoms with Crippen LogP contribution >= 0.6 is 0 Å². The van der Waals surface area contributed by atoms with Gasteiger partial charge < -0.3 is 10.6 Å². The number of rotatable bonds is 3. The predicted octanol–water partition coefficient (Wildman–Crippen LogP) is 1.15. The standard InChI is InChI=1S/C10H18F2N2O/c1-13-8(9(15)14-2)7-3-5-10(11,12)6-4-7/h7-8,13H,3-6H2,1-2H3,(H,14,15). The Balaban J connectivity index is 2.54. The summed E-state index contributed by atoms with van der Waals surface area (Å²) in [6.07, 6.45) is 0.609. The lowest BCUT2D eigenvalue weighted by molar-refractivity contribution is -0.125. The largest absolute Gasteiger partial charge is 0.358 e. The molecule has 1 fully saturated rings. The Hall–Kier alpha value is -0.710. The number of carbonyl (C=O) groups is 1. The Morgan fingerprint density at radius 2 is 1.87 bits per heavy atom. The minimum Gasteiger partial charge on any atom is -0.358 e. The molecule has 1 unspecified atom stereocenters. The van der Waals surface area contributed by atoms with Crippen LogP contribution in [0.3, 0.4) is 0 Å². The molecule has 0 aliphatic heterocycles. The minimum atomic E-state index is -2.53. The molecule has 5 heteroatoms. The van der Waals surface area contributed by atoms with E-state index in [-0.39, 0.29) is 30.7 Å². The first-order valence-corrected chi connectivity index (χ1v) is 5.27. The van der Waals surface area contributed by atoms with Crippen LogP contribution in [0.2, 0.25) is 0 Å². The van der Waals surface area contributed by atoms with Crippen LogP contribution in [-0.2, 0) is 4.79 Å². The zero-order valence-electron chi connectivity index (χ0n) is 9.15. The smallest absolute Gasteiger partial charge is 0.248 e. The van der Waals surface area contributed by atoms with Gasteiger partial charge in [0, 0.05) is 19.9 Å². The highest BCUT2D eigenvalue weighted by Gasteiger charge is 2.38. The Morgan fingerprint density at radius 1 is 1.33 bits per heavy atom. The number of amides is 1. The quantitative estimate of drug-likeness (QED) is 0.749. The number of hydrogen-bond acceptors (Lipinski definition) is 2. The second-order valence-electron chi connectivity index (χ2n) is 4.07. The van der Waals surface area contributed by atoms with E-state index in [0.717, 1.165) is 0 Å². The Kier molecular flexibility index (Phi) is 4.02. The van der Waals surface area contributed by atoms with Crippen molar-refractivity contribution >= 4 is 5.91 Å². The Labute approximate surface area is 88.6 Å². The molecule has 0 spiro atoms. The number of alkyl halides is 2. The molecule has 1 saturated carbocycles. The second kappa shape index (κ2) is 4.88. The predicted molar refractivity (Wildman–Crippen MR) is 53.8 cm³/mol. The molecule has 2 N–H and O–H groups in total. The first kappa shape index (κ1) is 12.4. The summed E-state index contributed by atoms with van der Waals surface area (Å²) in [7, 11) is 3.25. The molecule has 1 amide bonds. The van der Waals surface area contributed by atoms with Gasteiger partial charge in [0.25, 0.3) is 0 Å². The molecule has 0 radical (unpaired) electrons. The van der Waals surface area contributed by atoms with Crippen molar-refractivity contribution in [1.29, 1.82) is 0 Å². The Bertz CT molecular complexity index is 223. The van der Waals surface area contributed by atoms with Crippen molar-refractivity contribution in [2.75, 3.05) is 14.1 Å². The van der Waals surface area contributed by atoms with Crippen LogP contribution in [0.15, 0.2) is 0 Å². The van der Waals surface area contributed by atoms with E-state index in [1.165, 1.54) is 0 Å². The van der Waals surface area contributed by atoms with Gasteiger partial charge in [-0.25, -0.2) is 8.78 Å². The summed E-state index contributed by atoms with van der Waals surface area (Å²) in [5, 5.41) is 5.44. The Morgan fingerprint density at radius 3 is 2.27 bits per heavy atom. The van der Waals surface area contributed by atoms with Gasteiger partial charge >= 0.3 is 0 Å². The highest BCUT2D eigenvalue weighted by Crippen LogP contribution is 2.37. The highest BCUT2D eigenvalue weighted by atomic mass is 19.3. The molecule has 0 saturated heterocycles. The molecule has 88 valence electrons. The molecule has 1 aliphatic rings. The lowest BCUT2D eigenvalue weighted by Crippen LogP contribution is -2.48. The van der Waals surface area contributed by atoms with Gasteiger partial charge in [-0.2, -0.15) is 0 Å². The van der Waals surface area contributed by atoms with Gasteiger partial charge in [0.1, 0.15) is 0 Å². The van der Waals surface area contributed by atoms with E-state index in [1.54, 1.807) is 14.1 Å². The van der Waals surface area contributed by atoms with Crippen molar-refractivity contribution in [2.45, 2.75) is 37.6 Å². The molecule has 1 rings (SSSR count). The van der Waals surface area contributed by atoms with Gasteiger partial charge in [0.15, 0.2) is 0 Å². The van der Waals surface area contributed by atoms with Crippen molar-refractivity contribution in [2.24, 2.45) is 5.92 Å². The average molecular weight is 220 g/mol. The normalized spacial score (nSPS) is 23.5. The third-order valence-corrected chi connectivity index (χ3v) is 3.07. The van der Waals surface area contributed by atoms with Crippen LogP contribution in [0, 0.1) is 5.92 Å². The molecule has 0 aromatic heterocycles. The summed E-state index contributed by atoms with van der Waals surface area (Å²) in [6, 6.07) is -0.342. The van der Waals surface area contributed by atoms with E-state index >= 15 is 0 Å². The summed E-state index contributed by atoms with van der Waals surface area (Å²) in [5.74, 6) is -2.63. The summed E-state index contributed by atoms with van der Waals surface area (Å²) >= 11 is 0. The van der Waals surface area contributed by atoms with Crippen LogP contribution in [0.1, 0.15) is 25.7 Å². The molecule has 0 heterocycles. The number of likely N-dealkylation sites (N-methyl/N-ethyl adjacent to an activating group) is 2. The fourth-order valence-electron chi connectivity index (χ4n) is 2.13. The fraction of sp³-hybridized carbons (Fsp3) is 0.900. The molecular weight excluding hydrogens is 202 g/mol. The van der Waals surface area contributed by atoms with Crippen molar-refractivity contribution in [3.05, 3.63) is 0 Å². The summed E-state index contributed by atoms with van der Waals surface area (Å²) in [5.41, 5.74) is 0. The van der Waals surface area contributed by atoms with E-state index < -0.39 is 5.92 Å². The molecule has 1 aliphatic carbocycles. The number of halogens is 2. The van der Waals surface area contributed by atoms with Crippen molar-refractivity contribution in [1.82, 2.24) is 10.6 Å². The van der Waals surface area contributed by atoms with Gasteiger partial charge in [0.05, 0.1) is 6.04 Å². The summed E-state index contributed by atoms with van der Waals surface area (Å²) in [4.78, 5) is 11.4. The highest BCUT2D eigenvalue weighted by molar-refractivity contribution is 5.81. The molecule has 0 aromatic carbocycles. The monoisotopic (exact) mass is 220 g/mol. The van der Waals surface area contributed by atoms with Gasteiger partial charge in [0.2, 0.25) is 11.8 Å². The third-order valence-electron chi connectivity index (χ3n) is 3.07. The lowest BCUT2D eigenvalue weighted by atomic mass is 9.82. The third kappa shape index (κ3) is 3.12. The lowest BCUT2D eigenvalue weighted by Gasteiger charge is -2.32. The summed E-state index contributed by atoms with van der Waals surface area (Å²) in [6.45, 7) is 0. The van der Waals surface area contributed by atoms with Gasteiger partial charge in [-0.15, -0.1) is 0 Å². The maximum atomic E-state index is 12.9. The first-order chi connectivity index (χ1) is 7.00. The maximum absolute atomic E-state index is 12.9. The maximum Gasteiger partial charge on any atom is 0.248 e. The first-order valence-electron chi connectivity index (χ1n) is 5.27. The molecular formula is C10H18F2N2O. The van der Waals surface area contributed by atoms with E-state index in [1.807, 2.05) is 0 Å².